The Kier molecular flexibility index (Phi) is 3.72. The number of anilines is 1. The average molecular weight is 248 g/mol. The van der Waals surface area contributed by atoms with E-state index in [0.29, 0.717) is 12.2 Å². The van der Waals surface area contributed by atoms with E-state index in [1.807, 2.05) is 11.4 Å². The third kappa shape index (κ3) is 3.04. The molecule has 17 heavy (non-hydrogen) atoms. The second kappa shape index (κ2) is 5.45. The molecule has 0 bridgehead atoms. The van der Waals surface area contributed by atoms with Gasteiger partial charge in [0.2, 0.25) is 0 Å². The van der Waals surface area contributed by atoms with Crippen LogP contribution in [0, 0.1) is 0 Å². The Bertz CT molecular complexity index is 497. The number of aromatic nitrogens is 1. The number of thiophene rings is 1. The summed E-state index contributed by atoms with van der Waals surface area (Å²) in [6.45, 7) is 0.713. The molecule has 2 N–H and O–H groups in total. The Morgan fingerprint density at radius 3 is 3.06 bits per heavy atom. The number of carbonyl (C=O) groups is 1. The smallest absolute Gasteiger partial charge is 0.339 e. The van der Waals surface area contributed by atoms with Crippen molar-refractivity contribution in [3.05, 3.63) is 46.4 Å². The number of nitrogens with zero attached hydrogens (tertiary/aromatic N) is 1. The highest BCUT2D eigenvalue weighted by molar-refractivity contribution is 7.09. The molecule has 0 radical (unpaired) electrons. The fourth-order valence-electron chi connectivity index (χ4n) is 1.49. The van der Waals surface area contributed by atoms with Crippen molar-refractivity contribution in [1.82, 2.24) is 4.98 Å². The number of rotatable bonds is 5. The van der Waals surface area contributed by atoms with E-state index >= 15 is 0 Å². The van der Waals surface area contributed by atoms with Crippen molar-refractivity contribution in [2.24, 2.45) is 0 Å². The zero-order valence-electron chi connectivity index (χ0n) is 9.09. The first-order valence-corrected chi connectivity index (χ1v) is 6.09. The van der Waals surface area contributed by atoms with E-state index in [-0.39, 0.29) is 5.56 Å². The Morgan fingerprint density at radius 1 is 1.47 bits per heavy atom. The predicted molar refractivity (Wildman–Crippen MR) is 67.7 cm³/mol. The number of pyridine rings is 1. The molecule has 2 aromatic heterocycles. The minimum Gasteiger partial charge on any atom is -0.478 e. The van der Waals surface area contributed by atoms with Gasteiger partial charge in [-0.3, -0.25) is 4.98 Å². The normalized spacial score (nSPS) is 10.1. The summed E-state index contributed by atoms with van der Waals surface area (Å²) in [6, 6.07) is 5.75. The van der Waals surface area contributed by atoms with Gasteiger partial charge in [-0.2, -0.15) is 0 Å². The van der Waals surface area contributed by atoms with Crippen molar-refractivity contribution >= 4 is 23.0 Å². The molecule has 0 amide bonds. The second-order valence-corrected chi connectivity index (χ2v) is 4.51. The van der Waals surface area contributed by atoms with Crippen molar-refractivity contribution in [3.8, 4) is 0 Å². The molecule has 88 valence electrons. The molecule has 0 saturated carbocycles. The van der Waals surface area contributed by atoms with Gasteiger partial charge >= 0.3 is 5.97 Å². The summed E-state index contributed by atoms with van der Waals surface area (Å²) in [5.41, 5.74) is 0.822. The van der Waals surface area contributed by atoms with Gasteiger partial charge in [0.05, 0.1) is 5.69 Å². The van der Waals surface area contributed by atoms with Crippen LogP contribution in [0.3, 0.4) is 0 Å². The van der Waals surface area contributed by atoms with Gasteiger partial charge in [0, 0.05) is 23.8 Å². The number of nitrogens with one attached hydrogen (secondary N) is 1. The number of carboxylic acids is 1. The molecule has 0 atom stereocenters. The number of carboxylic acid groups (broad SMARTS) is 1. The largest absolute Gasteiger partial charge is 0.478 e. The maximum absolute atomic E-state index is 10.9. The summed E-state index contributed by atoms with van der Waals surface area (Å²) < 4.78 is 0. The van der Waals surface area contributed by atoms with Gasteiger partial charge in [0.1, 0.15) is 5.56 Å². The highest BCUT2D eigenvalue weighted by Gasteiger charge is 2.08. The molecule has 4 nitrogen and oxygen atoms in total. The average Bonchev–Trinajstić information content (AvgIpc) is 2.82. The van der Waals surface area contributed by atoms with Crippen LogP contribution in [0.4, 0.5) is 5.69 Å². The Hall–Kier alpha value is -1.88. The lowest BCUT2D eigenvalue weighted by Crippen LogP contribution is -2.09. The molecular weight excluding hydrogens is 236 g/mol. The minimum absolute atomic E-state index is 0.207. The maximum Gasteiger partial charge on any atom is 0.339 e. The van der Waals surface area contributed by atoms with Gasteiger partial charge in [0.25, 0.3) is 0 Å². The van der Waals surface area contributed by atoms with Crippen LogP contribution in [0.25, 0.3) is 0 Å². The van der Waals surface area contributed by atoms with Crippen LogP contribution in [0.1, 0.15) is 15.2 Å². The maximum atomic E-state index is 10.9. The van der Waals surface area contributed by atoms with Crippen molar-refractivity contribution in [2.45, 2.75) is 6.42 Å². The molecule has 2 heterocycles. The zero-order valence-corrected chi connectivity index (χ0v) is 9.91. The lowest BCUT2D eigenvalue weighted by molar-refractivity contribution is 0.0697. The molecule has 0 unspecified atom stereocenters. The van der Waals surface area contributed by atoms with Gasteiger partial charge in [-0.15, -0.1) is 11.3 Å². The van der Waals surface area contributed by atoms with Crippen LogP contribution >= 0.6 is 11.3 Å². The second-order valence-electron chi connectivity index (χ2n) is 3.48. The van der Waals surface area contributed by atoms with Gasteiger partial charge in [-0.1, -0.05) is 6.07 Å². The standard InChI is InChI=1S/C12H12N2O2S/c15-12(16)10-8-13-5-4-11(10)14-6-3-9-2-1-7-17-9/h1-2,4-5,7-8H,3,6H2,(H,13,14)(H,15,16). The summed E-state index contributed by atoms with van der Waals surface area (Å²) in [4.78, 5) is 16.0. The van der Waals surface area contributed by atoms with Gasteiger partial charge in [0.15, 0.2) is 0 Å². The summed E-state index contributed by atoms with van der Waals surface area (Å²) >= 11 is 1.70. The molecule has 0 aliphatic heterocycles. The monoisotopic (exact) mass is 248 g/mol. The summed E-state index contributed by atoms with van der Waals surface area (Å²) in [5, 5.41) is 14.1. The van der Waals surface area contributed by atoms with Gasteiger partial charge < -0.3 is 10.4 Å². The highest BCUT2D eigenvalue weighted by atomic mass is 32.1. The third-order valence-electron chi connectivity index (χ3n) is 2.32. The van der Waals surface area contributed by atoms with E-state index in [9.17, 15) is 4.79 Å². The molecular formula is C12H12N2O2S. The van der Waals surface area contributed by atoms with Crippen LogP contribution in [-0.2, 0) is 6.42 Å². The topological polar surface area (TPSA) is 62.2 Å². The first-order chi connectivity index (χ1) is 8.27. The van der Waals surface area contributed by atoms with Gasteiger partial charge in [-0.25, -0.2) is 4.79 Å². The molecule has 2 aromatic rings. The molecule has 0 aliphatic carbocycles. The van der Waals surface area contributed by atoms with Gasteiger partial charge in [-0.05, 0) is 23.9 Å². The molecule has 5 heteroatoms. The fraction of sp³-hybridized carbons (Fsp3) is 0.167. The lowest BCUT2D eigenvalue weighted by Gasteiger charge is -2.07. The Balaban J connectivity index is 1.97. The SMILES string of the molecule is O=C(O)c1cnccc1NCCc1cccs1. The van der Waals surface area contributed by atoms with Crippen molar-refractivity contribution in [3.63, 3.8) is 0 Å². The zero-order chi connectivity index (χ0) is 12.1. The Morgan fingerprint density at radius 2 is 2.35 bits per heavy atom. The van der Waals surface area contributed by atoms with Crippen LogP contribution < -0.4 is 5.32 Å². The van der Waals surface area contributed by atoms with Crippen LogP contribution in [-0.4, -0.2) is 22.6 Å². The molecule has 2 rings (SSSR count). The first-order valence-electron chi connectivity index (χ1n) is 5.21. The number of hydrogen-bond donors (Lipinski definition) is 2. The first kappa shape index (κ1) is 11.6. The molecule has 0 aromatic carbocycles. The predicted octanol–water partition coefficient (Wildman–Crippen LogP) is 2.50. The lowest BCUT2D eigenvalue weighted by atomic mass is 10.2. The Labute approximate surface area is 103 Å². The van der Waals surface area contributed by atoms with E-state index in [4.69, 9.17) is 5.11 Å². The minimum atomic E-state index is -0.961. The fourth-order valence-corrected chi connectivity index (χ4v) is 2.20. The van der Waals surface area contributed by atoms with Crippen LogP contribution in [0.15, 0.2) is 36.0 Å². The summed E-state index contributed by atoms with van der Waals surface area (Å²) in [6.07, 6.45) is 3.83. The van der Waals surface area contributed by atoms with Crippen molar-refractivity contribution in [2.75, 3.05) is 11.9 Å². The van der Waals surface area contributed by atoms with E-state index in [2.05, 4.69) is 16.4 Å². The van der Waals surface area contributed by atoms with E-state index in [1.54, 1.807) is 23.6 Å². The van der Waals surface area contributed by atoms with E-state index in [1.165, 1.54) is 11.1 Å². The molecule has 0 spiro atoms. The summed E-state index contributed by atoms with van der Waals surface area (Å²) in [5.74, 6) is -0.961. The molecule has 0 aliphatic rings. The van der Waals surface area contributed by atoms with Crippen molar-refractivity contribution in [1.29, 1.82) is 0 Å². The van der Waals surface area contributed by atoms with Crippen LogP contribution in [0.2, 0.25) is 0 Å². The van der Waals surface area contributed by atoms with E-state index in [0.717, 1.165) is 6.42 Å². The number of aromatic carboxylic acids is 1. The highest BCUT2D eigenvalue weighted by Crippen LogP contribution is 2.14. The van der Waals surface area contributed by atoms with Crippen LogP contribution in [0.5, 0.6) is 0 Å². The molecule has 0 saturated heterocycles. The summed E-state index contributed by atoms with van der Waals surface area (Å²) in [7, 11) is 0. The number of hydrogen-bond acceptors (Lipinski definition) is 4. The quantitative estimate of drug-likeness (QED) is 0.853. The molecule has 0 fully saturated rings. The van der Waals surface area contributed by atoms with E-state index < -0.39 is 5.97 Å². The van der Waals surface area contributed by atoms with Crippen molar-refractivity contribution < 1.29 is 9.90 Å². The third-order valence-corrected chi connectivity index (χ3v) is 3.25.